The molecule has 8 heteroatoms. The van der Waals surface area contributed by atoms with E-state index in [2.05, 4.69) is 13.2 Å². The summed E-state index contributed by atoms with van der Waals surface area (Å²) in [6, 6.07) is 0. The fourth-order valence-electron chi connectivity index (χ4n) is 4.40. The minimum absolute atomic E-state index is 0.0632. The third kappa shape index (κ3) is 2.96. The van der Waals surface area contributed by atoms with Gasteiger partial charge in [0, 0.05) is 18.4 Å². The second kappa shape index (κ2) is 6.76. The van der Waals surface area contributed by atoms with Crippen LogP contribution in [-0.2, 0) is 23.7 Å². The van der Waals surface area contributed by atoms with Crippen LogP contribution in [0, 0.1) is 5.92 Å². The number of ether oxygens (including phenoxy) is 4. The summed E-state index contributed by atoms with van der Waals surface area (Å²) in [4.78, 5) is 12.2. The molecule has 0 aromatic rings. The Hall–Kier alpha value is -1.55. The SMILES string of the molecule is C=C1C(=O)O[C@@H]2/C=C3\CC[C@]4(O)O[C@]4(C[C@H](O[C@@H](C)C(=C)CO)[C@H]12)[C@H](O)OC3. The molecule has 4 aliphatic heterocycles. The number of hydrogen-bond donors (Lipinski definition) is 3. The summed E-state index contributed by atoms with van der Waals surface area (Å²) in [6.45, 7) is 9.31. The van der Waals surface area contributed by atoms with Gasteiger partial charge in [-0.2, -0.15) is 0 Å². The smallest absolute Gasteiger partial charge is 0.334 e. The maximum Gasteiger partial charge on any atom is 0.334 e. The highest BCUT2D eigenvalue weighted by atomic mass is 16.8. The van der Waals surface area contributed by atoms with E-state index in [9.17, 15) is 20.1 Å². The molecule has 5 aliphatic rings. The third-order valence-corrected chi connectivity index (χ3v) is 6.30. The highest BCUT2D eigenvalue weighted by molar-refractivity contribution is 5.91. The van der Waals surface area contributed by atoms with Crippen molar-refractivity contribution in [2.75, 3.05) is 13.2 Å². The number of esters is 1. The molecular formula is C20H26O8. The molecule has 154 valence electrons. The summed E-state index contributed by atoms with van der Waals surface area (Å²) >= 11 is 0. The summed E-state index contributed by atoms with van der Waals surface area (Å²) in [5.41, 5.74) is 0.161. The van der Waals surface area contributed by atoms with Gasteiger partial charge in [-0.25, -0.2) is 4.79 Å². The minimum atomic E-state index is -1.54. The number of hydrogen-bond acceptors (Lipinski definition) is 8. The second-order valence-corrected chi connectivity index (χ2v) is 8.02. The van der Waals surface area contributed by atoms with E-state index in [0.29, 0.717) is 12.0 Å². The molecular weight excluding hydrogens is 368 g/mol. The van der Waals surface area contributed by atoms with Crippen LogP contribution in [0.4, 0.5) is 0 Å². The highest BCUT2D eigenvalue weighted by Crippen LogP contribution is 2.58. The molecule has 3 N–H and O–H groups in total. The van der Waals surface area contributed by atoms with Crippen LogP contribution in [0.1, 0.15) is 26.2 Å². The molecule has 0 radical (unpaired) electrons. The zero-order valence-corrected chi connectivity index (χ0v) is 15.8. The quantitative estimate of drug-likeness (QED) is 0.270. The summed E-state index contributed by atoms with van der Waals surface area (Å²) in [7, 11) is 0. The highest BCUT2D eigenvalue weighted by Gasteiger charge is 2.75. The number of epoxide rings is 1. The number of aliphatic hydroxyl groups excluding tert-OH is 2. The largest absolute Gasteiger partial charge is 0.454 e. The third-order valence-electron chi connectivity index (χ3n) is 6.30. The van der Waals surface area contributed by atoms with E-state index in [-0.39, 0.29) is 31.6 Å². The normalized spacial score (nSPS) is 45.2. The van der Waals surface area contributed by atoms with Gasteiger partial charge in [0.15, 0.2) is 11.9 Å². The molecule has 3 saturated heterocycles. The predicted molar refractivity (Wildman–Crippen MR) is 95.7 cm³/mol. The fraction of sp³-hybridized carbons (Fsp3) is 0.650. The van der Waals surface area contributed by atoms with Gasteiger partial charge in [0.2, 0.25) is 5.79 Å². The first-order valence-electron chi connectivity index (χ1n) is 9.46. The molecule has 8 nitrogen and oxygen atoms in total. The van der Waals surface area contributed by atoms with Crippen LogP contribution in [0.2, 0.25) is 0 Å². The number of rotatable bonds is 4. The molecule has 1 spiro atoms. The van der Waals surface area contributed by atoms with Crippen molar-refractivity contribution >= 4 is 5.97 Å². The standard InChI is InChI=1S/C20H26O8/c1-10(8-21)12(3)26-15-7-19-18(23)25-9-13(4-5-20(19,24)28-19)6-14-16(15)11(2)17(22)27-14/h6,12,14-16,18,21,23-24H,1-2,4-5,7-9H2,3H3/b13-6+/t12-,14+,15-,16+,18+,19+,20-/m0/s1. The molecule has 0 unspecified atom stereocenters. The molecule has 1 aliphatic carbocycles. The lowest BCUT2D eigenvalue weighted by Gasteiger charge is -2.35. The molecule has 4 heterocycles. The summed E-state index contributed by atoms with van der Waals surface area (Å²) in [6.07, 6.45) is -0.535. The van der Waals surface area contributed by atoms with Crippen molar-refractivity contribution in [3.05, 3.63) is 36.0 Å². The van der Waals surface area contributed by atoms with E-state index >= 15 is 0 Å². The van der Waals surface area contributed by atoms with E-state index in [4.69, 9.17) is 18.9 Å². The molecule has 0 aromatic carbocycles. The number of fused-ring (bicyclic) bond motifs is 4. The van der Waals surface area contributed by atoms with Gasteiger partial charge in [0.05, 0.1) is 31.3 Å². The van der Waals surface area contributed by atoms with Crippen molar-refractivity contribution in [3.63, 3.8) is 0 Å². The molecule has 0 amide bonds. The minimum Gasteiger partial charge on any atom is -0.454 e. The summed E-state index contributed by atoms with van der Waals surface area (Å²) in [5, 5.41) is 30.9. The molecule has 0 aromatic heterocycles. The molecule has 5 rings (SSSR count). The Balaban J connectivity index is 1.76. The van der Waals surface area contributed by atoms with Crippen molar-refractivity contribution in [1.29, 1.82) is 0 Å². The van der Waals surface area contributed by atoms with Gasteiger partial charge in [-0.3, -0.25) is 0 Å². The van der Waals surface area contributed by atoms with Crippen LogP contribution >= 0.6 is 0 Å². The maximum atomic E-state index is 12.2. The second-order valence-electron chi connectivity index (χ2n) is 8.02. The topological polar surface area (TPSA) is 118 Å². The van der Waals surface area contributed by atoms with Crippen molar-refractivity contribution in [3.8, 4) is 0 Å². The first-order chi connectivity index (χ1) is 13.2. The zero-order chi connectivity index (χ0) is 20.3. The summed E-state index contributed by atoms with van der Waals surface area (Å²) < 4.78 is 22.9. The van der Waals surface area contributed by atoms with Crippen LogP contribution in [0.25, 0.3) is 0 Å². The van der Waals surface area contributed by atoms with Gasteiger partial charge in [-0.05, 0) is 30.6 Å². The Kier molecular flexibility index (Phi) is 4.77. The van der Waals surface area contributed by atoms with Crippen molar-refractivity contribution in [1.82, 2.24) is 0 Å². The Labute approximate surface area is 163 Å². The van der Waals surface area contributed by atoms with Crippen LogP contribution in [0.3, 0.4) is 0 Å². The average Bonchev–Trinajstić information content (AvgIpc) is 3.14. The molecule has 7 atom stereocenters. The van der Waals surface area contributed by atoms with Gasteiger partial charge in [0.1, 0.15) is 6.10 Å². The first kappa shape index (κ1) is 19.8. The van der Waals surface area contributed by atoms with Gasteiger partial charge >= 0.3 is 5.97 Å². The van der Waals surface area contributed by atoms with Gasteiger partial charge in [0.25, 0.3) is 0 Å². The zero-order valence-electron chi connectivity index (χ0n) is 15.8. The van der Waals surface area contributed by atoms with E-state index in [1.54, 1.807) is 13.0 Å². The van der Waals surface area contributed by atoms with Crippen molar-refractivity contribution in [2.45, 2.75) is 62.2 Å². The van der Waals surface area contributed by atoms with Crippen LogP contribution in [0.15, 0.2) is 36.0 Å². The van der Waals surface area contributed by atoms with E-state index in [1.807, 2.05) is 0 Å². The predicted octanol–water partition coefficient (Wildman–Crippen LogP) is 0.323. The number of carbonyl (C=O) groups excluding carboxylic acids is 1. The maximum absolute atomic E-state index is 12.2. The van der Waals surface area contributed by atoms with E-state index < -0.39 is 47.9 Å². The fourth-order valence-corrected chi connectivity index (χ4v) is 4.40. The molecule has 28 heavy (non-hydrogen) atoms. The van der Waals surface area contributed by atoms with E-state index in [0.717, 1.165) is 5.57 Å². The Morgan fingerprint density at radius 2 is 2.25 bits per heavy atom. The Morgan fingerprint density at radius 1 is 1.50 bits per heavy atom. The van der Waals surface area contributed by atoms with E-state index in [1.165, 1.54) is 0 Å². The van der Waals surface area contributed by atoms with Crippen molar-refractivity contribution < 1.29 is 39.1 Å². The van der Waals surface area contributed by atoms with Gasteiger partial charge in [-0.1, -0.05) is 13.2 Å². The number of aliphatic hydroxyl groups is 3. The summed E-state index contributed by atoms with van der Waals surface area (Å²) in [5.74, 6) is -2.57. The lowest BCUT2D eigenvalue weighted by Crippen LogP contribution is -2.48. The Bertz CT molecular complexity index is 744. The number of carbonyl (C=O) groups is 1. The van der Waals surface area contributed by atoms with Gasteiger partial charge in [-0.15, -0.1) is 0 Å². The molecule has 2 bridgehead atoms. The van der Waals surface area contributed by atoms with Crippen LogP contribution < -0.4 is 0 Å². The monoisotopic (exact) mass is 394 g/mol. The van der Waals surface area contributed by atoms with Crippen LogP contribution in [-0.4, -0.2) is 70.5 Å². The Morgan fingerprint density at radius 3 is 2.96 bits per heavy atom. The lowest BCUT2D eigenvalue weighted by atomic mass is 9.80. The average molecular weight is 394 g/mol. The lowest BCUT2D eigenvalue weighted by molar-refractivity contribution is -0.161. The van der Waals surface area contributed by atoms with Gasteiger partial charge < -0.3 is 34.3 Å². The van der Waals surface area contributed by atoms with Crippen LogP contribution in [0.5, 0.6) is 0 Å². The molecule has 3 fully saturated rings. The first-order valence-corrected chi connectivity index (χ1v) is 9.46. The van der Waals surface area contributed by atoms with Crippen molar-refractivity contribution in [2.24, 2.45) is 5.92 Å². The molecule has 0 saturated carbocycles.